The molecular formula is C26H30F4O2. The van der Waals surface area contributed by atoms with Crippen LogP contribution >= 0.6 is 0 Å². The Morgan fingerprint density at radius 3 is 1.66 bits per heavy atom. The first kappa shape index (κ1) is 27.1. The second-order valence-corrected chi connectivity index (χ2v) is 6.87. The average molecular weight is 451 g/mol. The van der Waals surface area contributed by atoms with E-state index in [1.165, 1.54) is 0 Å². The van der Waals surface area contributed by atoms with Crippen LogP contribution < -0.4 is 4.74 Å². The van der Waals surface area contributed by atoms with Gasteiger partial charge in [-0.15, -0.1) is 0 Å². The fourth-order valence-corrected chi connectivity index (χ4v) is 2.54. The van der Waals surface area contributed by atoms with Crippen molar-refractivity contribution in [3.63, 3.8) is 0 Å². The van der Waals surface area contributed by atoms with Gasteiger partial charge in [0.05, 0.1) is 0 Å². The normalized spacial score (nSPS) is 12.4. The molecule has 0 aromatic heterocycles. The van der Waals surface area contributed by atoms with E-state index in [0.717, 1.165) is 32.1 Å². The van der Waals surface area contributed by atoms with Gasteiger partial charge in [0.15, 0.2) is 11.6 Å². The molecule has 174 valence electrons. The first-order chi connectivity index (χ1) is 15.5. The van der Waals surface area contributed by atoms with E-state index in [0.29, 0.717) is 12.8 Å². The van der Waals surface area contributed by atoms with Gasteiger partial charge in [0, 0.05) is 12.5 Å². The number of ether oxygens (including phenoxy) is 1. The summed E-state index contributed by atoms with van der Waals surface area (Å²) in [6, 6.07) is 0.0589. The van der Waals surface area contributed by atoms with Crippen molar-refractivity contribution >= 4 is 5.97 Å². The van der Waals surface area contributed by atoms with E-state index < -0.39 is 35.0 Å². The van der Waals surface area contributed by atoms with Crippen molar-refractivity contribution in [2.75, 3.05) is 0 Å². The monoisotopic (exact) mass is 450 g/mol. The molecule has 0 amide bonds. The van der Waals surface area contributed by atoms with Crippen LogP contribution in [0.5, 0.6) is 5.75 Å². The van der Waals surface area contributed by atoms with Gasteiger partial charge in [0.2, 0.25) is 17.4 Å². The number of hydrogen-bond acceptors (Lipinski definition) is 2. The number of allylic oxidation sites excluding steroid dienone is 10. The number of carbonyl (C=O) groups excluding carboxylic acids is 1. The molecule has 6 heteroatoms. The largest absolute Gasteiger partial charge is 0.420 e. The predicted molar refractivity (Wildman–Crippen MR) is 120 cm³/mol. The molecule has 0 radical (unpaired) electrons. The topological polar surface area (TPSA) is 26.3 Å². The number of carbonyl (C=O) groups is 1. The number of benzene rings is 1. The Labute approximate surface area is 187 Å². The SMILES string of the molecule is CC/C=C\C/C=C\C/C=C\C/C=C\C/C=C\CCCC(=O)Oc1c(F)c(F)cc(F)c1F. The van der Waals surface area contributed by atoms with Crippen molar-refractivity contribution in [2.45, 2.75) is 58.3 Å². The van der Waals surface area contributed by atoms with Gasteiger partial charge in [-0.25, -0.2) is 8.78 Å². The molecule has 0 atom stereocenters. The van der Waals surface area contributed by atoms with Gasteiger partial charge in [0.1, 0.15) is 0 Å². The molecule has 0 unspecified atom stereocenters. The molecule has 0 spiro atoms. The molecule has 0 N–H and O–H groups in total. The zero-order valence-corrected chi connectivity index (χ0v) is 18.3. The minimum absolute atomic E-state index is 0.0589. The molecule has 32 heavy (non-hydrogen) atoms. The molecule has 0 bridgehead atoms. The Bertz CT molecular complexity index is 826. The van der Waals surface area contributed by atoms with Gasteiger partial charge in [-0.2, -0.15) is 8.78 Å². The van der Waals surface area contributed by atoms with Crippen LogP contribution in [0.2, 0.25) is 0 Å². The quantitative estimate of drug-likeness (QED) is 0.0715. The van der Waals surface area contributed by atoms with E-state index in [1.54, 1.807) is 0 Å². The lowest BCUT2D eigenvalue weighted by Crippen LogP contribution is -2.11. The summed E-state index contributed by atoms with van der Waals surface area (Å²) in [5.41, 5.74) is 0. The highest BCUT2D eigenvalue weighted by molar-refractivity contribution is 5.72. The number of hydrogen-bond donors (Lipinski definition) is 0. The van der Waals surface area contributed by atoms with Gasteiger partial charge in [-0.3, -0.25) is 4.79 Å². The lowest BCUT2D eigenvalue weighted by atomic mass is 10.2. The predicted octanol–water partition coefficient (Wildman–Crippen LogP) is 8.07. The molecule has 0 fully saturated rings. The second-order valence-electron chi connectivity index (χ2n) is 6.87. The van der Waals surface area contributed by atoms with Gasteiger partial charge in [0.25, 0.3) is 0 Å². The van der Waals surface area contributed by atoms with Crippen molar-refractivity contribution in [3.05, 3.63) is 90.1 Å². The van der Waals surface area contributed by atoms with Crippen LogP contribution in [0.1, 0.15) is 58.3 Å². The Balaban J connectivity index is 2.16. The van der Waals surface area contributed by atoms with E-state index >= 15 is 0 Å². The standard InChI is InChI=1S/C26H30F4O2/c1-2-3-4-5-6-7-8-9-10-11-12-13-14-15-16-17-18-19-23(31)32-26-24(29)21(27)20-22(28)25(26)30/h3-4,6-7,9-10,12-13,15-16,20H,2,5,8,11,14,17-19H2,1H3/b4-3-,7-6-,10-9-,13-12-,16-15-. The number of rotatable bonds is 14. The highest BCUT2D eigenvalue weighted by Crippen LogP contribution is 2.26. The van der Waals surface area contributed by atoms with E-state index in [-0.39, 0.29) is 12.5 Å². The summed E-state index contributed by atoms with van der Waals surface area (Å²) in [5, 5.41) is 0. The van der Waals surface area contributed by atoms with Crippen LogP contribution in [-0.2, 0) is 4.79 Å². The smallest absolute Gasteiger partial charge is 0.311 e. The summed E-state index contributed by atoms with van der Waals surface area (Å²) in [5.74, 6) is -9.00. The number of unbranched alkanes of at least 4 members (excludes halogenated alkanes) is 1. The van der Waals surface area contributed by atoms with Crippen LogP contribution in [0.25, 0.3) is 0 Å². The summed E-state index contributed by atoms with van der Waals surface area (Å²) >= 11 is 0. The molecule has 1 aromatic carbocycles. The molecular weight excluding hydrogens is 420 g/mol. The summed E-state index contributed by atoms with van der Waals surface area (Å²) in [4.78, 5) is 11.7. The van der Waals surface area contributed by atoms with Crippen LogP contribution in [0.3, 0.4) is 0 Å². The van der Waals surface area contributed by atoms with Crippen molar-refractivity contribution in [2.24, 2.45) is 0 Å². The van der Waals surface area contributed by atoms with Crippen molar-refractivity contribution in [3.8, 4) is 5.75 Å². The molecule has 0 aliphatic carbocycles. The average Bonchev–Trinajstić information content (AvgIpc) is 2.77. The van der Waals surface area contributed by atoms with Gasteiger partial charge >= 0.3 is 5.97 Å². The third-order valence-electron chi connectivity index (χ3n) is 4.20. The molecule has 1 aromatic rings. The maximum Gasteiger partial charge on any atom is 0.311 e. The Morgan fingerprint density at radius 1 is 0.750 bits per heavy atom. The van der Waals surface area contributed by atoms with E-state index in [9.17, 15) is 22.4 Å². The van der Waals surface area contributed by atoms with Gasteiger partial charge < -0.3 is 4.74 Å². The highest BCUT2D eigenvalue weighted by Gasteiger charge is 2.22. The van der Waals surface area contributed by atoms with E-state index in [1.807, 2.05) is 18.2 Å². The van der Waals surface area contributed by atoms with Crippen molar-refractivity contribution in [1.82, 2.24) is 0 Å². The van der Waals surface area contributed by atoms with Crippen LogP contribution in [0.4, 0.5) is 17.6 Å². The third kappa shape index (κ3) is 11.5. The molecule has 0 aliphatic rings. The number of esters is 1. The molecule has 0 heterocycles. The van der Waals surface area contributed by atoms with Gasteiger partial charge in [-0.1, -0.05) is 67.7 Å². The zero-order valence-electron chi connectivity index (χ0n) is 18.3. The Morgan fingerprint density at radius 2 is 1.19 bits per heavy atom. The third-order valence-corrected chi connectivity index (χ3v) is 4.20. The van der Waals surface area contributed by atoms with Crippen LogP contribution in [0.15, 0.2) is 66.8 Å². The Hall–Kier alpha value is -2.89. The highest BCUT2D eigenvalue weighted by atomic mass is 19.2. The van der Waals surface area contributed by atoms with Gasteiger partial charge in [-0.05, 0) is 44.9 Å². The molecule has 0 saturated heterocycles. The maximum absolute atomic E-state index is 13.5. The lowest BCUT2D eigenvalue weighted by molar-refractivity contribution is -0.134. The molecule has 0 aliphatic heterocycles. The lowest BCUT2D eigenvalue weighted by Gasteiger charge is -2.07. The first-order valence-corrected chi connectivity index (χ1v) is 10.8. The molecule has 2 nitrogen and oxygen atoms in total. The summed E-state index contributed by atoms with van der Waals surface area (Å²) in [6.45, 7) is 2.11. The van der Waals surface area contributed by atoms with Crippen molar-refractivity contribution in [1.29, 1.82) is 0 Å². The summed E-state index contributed by atoms with van der Waals surface area (Å²) in [7, 11) is 0. The summed E-state index contributed by atoms with van der Waals surface area (Å²) in [6.07, 6.45) is 26.1. The van der Waals surface area contributed by atoms with E-state index in [2.05, 4.69) is 54.2 Å². The minimum Gasteiger partial charge on any atom is -0.420 e. The summed E-state index contributed by atoms with van der Waals surface area (Å²) < 4.78 is 57.6. The first-order valence-electron chi connectivity index (χ1n) is 10.8. The fraction of sp³-hybridized carbons (Fsp3) is 0.346. The zero-order chi connectivity index (χ0) is 23.6. The Kier molecular flexibility index (Phi) is 14.2. The van der Waals surface area contributed by atoms with Crippen LogP contribution in [0, 0.1) is 23.3 Å². The number of halogens is 4. The van der Waals surface area contributed by atoms with Crippen LogP contribution in [-0.4, -0.2) is 5.97 Å². The van der Waals surface area contributed by atoms with Crippen molar-refractivity contribution < 1.29 is 27.1 Å². The molecule has 0 saturated carbocycles. The van der Waals surface area contributed by atoms with E-state index in [4.69, 9.17) is 0 Å². The minimum atomic E-state index is -1.73. The fourth-order valence-electron chi connectivity index (χ4n) is 2.54. The molecule has 1 rings (SSSR count). The second kappa shape index (κ2) is 16.8. The maximum atomic E-state index is 13.5.